The number of esters is 1. The highest BCUT2D eigenvalue weighted by Crippen LogP contribution is 2.19. The highest BCUT2D eigenvalue weighted by atomic mass is 16.5. The van der Waals surface area contributed by atoms with E-state index >= 15 is 0 Å². The molecule has 2 nitrogen and oxygen atoms in total. The van der Waals surface area contributed by atoms with Crippen LogP contribution in [0.3, 0.4) is 0 Å². The molecule has 120 valence electrons. The van der Waals surface area contributed by atoms with Crippen LogP contribution in [0.15, 0.2) is 0 Å². The second-order valence-electron chi connectivity index (χ2n) is 6.43. The quantitative estimate of drug-likeness (QED) is 0.318. The second kappa shape index (κ2) is 13.5. The maximum Gasteiger partial charge on any atom is 0.305 e. The van der Waals surface area contributed by atoms with Gasteiger partial charge in [-0.3, -0.25) is 4.79 Å². The molecule has 0 heterocycles. The molecule has 2 heteroatoms. The van der Waals surface area contributed by atoms with Gasteiger partial charge in [-0.05, 0) is 18.3 Å². The molecule has 0 fully saturated rings. The van der Waals surface area contributed by atoms with E-state index in [4.69, 9.17) is 0 Å². The van der Waals surface area contributed by atoms with E-state index in [1.165, 1.54) is 58.5 Å². The first-order valence-corrected chi connectivity index (χ1v) is 8.66. The summed E-state index contributed by atoms with van der Waals surface area (Å²) in [6.45, 7) is 7.04. The van der Waals surface area contributed by atoms with E-state index in [2.05, 4.69) is 25.5 Å². The lowest BCUT2D eigenvalue weighted by Gasteiger charge is -2.13. The fourth-order valence-corrected chi connectivity index (χ4v) is 2.56. The van der Waals surface area contributed by atoms with Gasteiger partial charge in [-0.15, -0.1) is 0 Å². The Morgan fingerprint density at radius 3 is 2.05 bits per heavy atom. The monoisotopic (exact) mass is 284 g/mol. The Hall–Kier alpha value is -0.530. The largest absolute Gasteiger partial charge is 0.469 e. The average Bonchev–Trinajstić information content (AvgIpc) is 2.45. The van der Waals surface area contributed by atoms with Crippen LogP contribution in [-0.2, 0) is 9.53 Å². The number of rotatable bonds is 13. The standard InChI is InChI=1S/C18H36O2/c1-5-16(2)13-11-14-17(3)12-9-7-6-8-10-15-18(19)20-4/h16-17H,5-15H2,1-4H3. The van der Waals surface area contributed by atoms with Crippen LogP contribution < -0.4 is 0 Å². The Balaban J connectivity index is 3.27. The first kappa shape index (κ1) is 19.5. The van der Waals surface area contributed by atoms with Crippen LogP contribution in [-0.4, -0.2) is 13.1 Å². The van der Waals surface area contributed by atoms with E-state index in [0.717, 1.165) is 24.7 Å². The van der Waals surface area contributed by atoms with Gasteiger partial charge in [0.05, 0.1) is 7.11 Å². The van der Waals surface area contributed by atoms with Gasteiger partial charge in [0.25, 0.3) is 0 Å². The molecular weight excluding hydrogens is 248 g/mol. The van der Waals surface area contributed by atoms with Gasteiger partial charge in [0.1, 0.15) is 0 Å². The number of methoxy groups -OCH3 is 1. The molecular formula is C18H36O2. The van der Waals surface area contributed by atoms with Crippen LogP contribution >= 0.6 is 0 Å². The first-order valence-electron chi connectivity index (χ1n) is 8.66. The highest BCUT2D eigenvalue weighted by Gasteiger charge is 2.04. The molecule has 0 aliphatic heterocycles. The summed E-state index contributed by atoms with van der Waals surface area (Å²) in [6, 6.07) is 0. The van der Waals surface area contributed by atoms with Gasteiger partial charge < -0.3 is 4.74 Å². The summed E-state index contributed by atoms with van der Waals surface area (Å²) in [5, 5.41) is 0. The Labute approximate surface area is 126 Å². The number of hydrogen-bond acceptors (Lipinski definition) is 2. The lowest BCUT2D eigenvalue weighted by atomic mass is 9.93. The molecule has 0 aliphatic carbocycles. The molecule has 0 aromatic heterocycles. The van der Waals surface area contributed by atoms with E-state index in [0.29, 0.717) is 6.42 Å². The molecule has 0 saturated carbocycles. The fraction of sp³-hybridized carbons (Fsp3) is 0.944. The molecule has 0 N–H and O–H groups in total. The molecule has 0 aromatic rings. The molecule has 2 unspecified atom stereocenters. The van der Waals surface area contributed by atoms with Crippen molar-refractivity contribution in [2.75, 3.05) is 7.11 Å². The van der Waals surface area contributed by atoms with Crippen molar-refractivity contribution in [1.29, 1.82) is 0 Å². The third-order valence-electron chi connectivity index (χ3n) is 4.40. The number of carbonyl (C=O) groups excluding carboxylic acids is 1. The Morgan fingerprint density at radius 1 is 0.850 bits per heavy atom. The van der Waals surface area contributed by atoms with E-state index in [1.807, 2.05) is 0 Å². The molecule has 2 atom stereocenters. The van der Waals surface area contributed by atoms with Crippen LogP contribution in [0.1, 0.15) is 91.4 Å². The summed E-state index contributed by atoms with van der Waals surface area (Å²) in [7, 11) is 1.46. The van der Waals surface area contributed by atoms with Crippen LogP contribution in [0.25, 0.3) is 0 Å². The van der Waals surface area contributed by atoms with Crippen LogP contribution in [0.4, 0.5) is 0 Å². The van der Waals surface area contributed by atoms with Gasteiger partial charge in [0.15, 0.2) is 0 Å². The predicted octanol–water partition coefficient (Wildman–Crippen LogP) is 5.74. The van der Waals surface area contributed by atoms with Gasteiger partial charge in [0, 0.05) is 6.42 Å². The van der Waals surface area contributed by atoms with Crippen LogP contribution in [0, 0.1) is 11.8 Å². The number of carbonyl (C=O) groups is 1. The van der Waals surface area contributed by atoms with Gasteiger partial charge >= 0.3 is 5.97 Å². The van der Waals surface area contributed by atoms with Gasteiger partial charge in [-0.25, -0.2) is 0 Å². The molecule has 0 rings (SSSR count). The maximum atomic E-state index is 10.9. The van der Waals surface area contributed by atoms with Crippen molar-refractivity contribution in [2.45, 2.75) is 91.4 Å². The Kier molecular flexibility index (Phi) is 13.1. The molecule has 0 aromatic carbocycles. The summed E-state index contributed by atoms with van der Waals surface area (Å²) < 4.78 is 4.63. The number of ether oxygens (including phenoxy) is 1. The van der Waals surface area contributed by atoms with E-state index in [-0.39, 0.29) is 5.97 Å². The highest BCUT2D eigenvalue weighted by molar-refractivity contribution is 5.68. The normalized spacial score (nSPS) is 14.0. The average molecular weight is 284 g/mol. The zero-order chi connectivity index (χ0) is 15.2. The summed E-state index contributed by atoms with van der Waals surface area (Å²) in [5.41, 5.74) is 0. The van der Waals surface area contributed by atoms with Crippen molar-refractivity contribution >= 4 is 5.97 Å². The lowest BCUT2D eigenvalue weighted by Crippen LogP contribution is -1.99. The molecule has 0 aliphatic rings. The molecule has 0 spiro atoms. The minimum atomic E-state index is -0.0695. The lowest BCUT2D eigenvalue weighted by molar-refractivity contribution is -0.140. The fourth-order valence-electron chi connectivity index (χ4n) is 2.56. The van der Waals surface area contributed by atoms with E-state index in [9.17, 15) is 4.79 Å². The molecule has 0 saturated heterocycles. The van der Waals surface area contributed by atoms with E-state index < -0.39 is 0 Å². The van der Waals surface area contributed by atoms with Crippen molar-refractivity contribution in [3.8, 4) is 0 Å². The van der Waals surface area contributed by atoms with E-state index in [1.54, 1.807) is 0 Å². The SMILES string of the molecule is CCC(C)CCCC(C)CCCCCCCC(=O)OC. The number of unbranched alkanes of at least 4 members (excludes halogenated alkanes) is 4. The molecule has 0 radical (unpaired) electrons. The van der Waals surface area contributed by atoms with Gasteiger partial charge in [-0.1, -0.05) is 78.6 Å². The molecule has 0 bridgehead atoms. The van der Waals surface area contributed by atoms with Crippen molar-refractivity contribution in [2.24, 2.45) is 11.8 Å². The zero-order valence-electron chi connectivity index (χ0n) is 14.2. The maximum absolute atomic E-state index is 10.9. The Morgan fingerprint density at radius 2 is 1.40 bits per heavy atom. The van der Waals surface area contributed by atoms with Crippen molar-refractivity contribution in [1.82, 2.24) is 0 Å². The minimum Gasteiger partial charge on any atom is -0.469 e. The second-order valence-corrected chi connectivity index (χ2v) is 6.43. The molecule has 20 heavy (non-hydrogen) atoms. The van der Waals surface area contributed by atoms with Gasteiger partial charge in [0.2, 0.25) is 0 Å². The van der Waals surface area contributed by atoms with Gasteiger partial charge in [-0.2, -0.15) is 0 Å². The third-order valence-corrected chi connectivity index (χ3v) is 4.40. The third kappa shape index (κ3) is 12.5. The Bertz CT molecular complexity index is 225. The minimum absolute atomic E-state index is 0.0695. The van der Waals surface area contributed by atoms with Crippen molar-refractivity contribution in [3.05, 3.63) is 0 Å². The number of hydrogen-bond donors (Lipinski definition) is 0. The van der Waals surface area contributed by atoms with Crippen molar-refractivity contribution < 1.29 is 9.53 Å². The van der Waals surface area contributed by atoms with Crippen LogP contribution in [0.5, 0.6) is 0 Å². The summed E-state index contributed by atoms with van der Waals surface area (Å²) in [5.74, 6) is 1.71. The van der Waals surface area contributed by atoms with Crippen LogP contribution in [0.2, 0.25) is 0 Å². The first-order chi connectivity index (χ1) is 9.60. The summed E-state index contributed by atoms with van der Waals surface area (Å²) in [4.78, 5) is 10.9. The summed E-state index contributed by atoms with van der Waals surface area (Å²) >= 11 is 0. The summed E-state index contributed by atoms with van der Waals surface area (Å²) in [6.07, 6.45) is 13.5. The predicted molar refractivity (Wildman–Crippen MR) is 86.8 cm³/mol. The smallest absolute Gasteiger partial charge is 0.305 e. The zero-order valence-corrected chi connectivity index (χ0v) is 14.2. The van der Waals surface area contributed by atoms with Crippen molar-refractivity contribution in [3.63, 3.8) is 0 Å². The molecule has 0 amide bonds. The topological polar surface area (TPSA) is 26.3 Å².